The van der Waals surface area contributed by atoms with Gasteiger partial charge < -0.3 is 0 Å². The molecule has 1 fully saturated rings. The lowest BCUT2D eigenvalue weighted by atomic mass is 9.95. The number of pyridine rings is 1. The van der Waals surface area contributed by atoms with Crippen LogP contribution in [-0.4, -0.2) is 47.2 Å². The van der Waals surface area contributed by atoms with Gasteiger partial charge in [-0.15, -0.1) is 0 Å². The number of fused-ring (bicyclic) bond motifs is 1. The van der Waals surface area contributed by atoms with E-state index in [4.69, 9.17) is 0 Å². The van der Waals surface area contributed by atoms with Crippen molar-refractivity contribution in [3.63, 3.8) is 0 Å². The van der Waals surface area contributed by atoms with E-state index in [2.05, 4.69) is 15.2 Å². The molecule has 19 heavy (non-hydrogen) atoms. The van der Waals surface area contributed by atoms with E-state index in [0.29, 0.717) is 13.1 Å². The highest BCUT2D eigenvalue weighted by atomic mass is 32.2. The maximum atomic E-state index is 11.6. The van der Waals surface area contributed by atoms with E-state index in [1.54, 1.807) is 10.5 Å². The number of sulfonamides is 1. The molecule has 0 aliphatic carbocycles. The summed E-state index contributed by atoms with van der Waals surface area (Å²) in [5.74, 6) is 0.163. The smallest absolute Gasteiger partial charge is 0.211 e. The second kappa shape index (κ2) is 4.57. The number of rotatable bonds is 2. The first kappa shape index (κ1) is 12.6. The maximum absolute atomic E-state index is 11.6. The minimum absolute atomic E-state index is 0.163. The molecule has 2 aromatic heterocycles. The van der Waals surface area contributed by atoms with E-state index in [0.717, 1.165) is 29.6 Å². The Balaban J connectivity index is 1.88. The molecule has 0 amide bonds. The van der Waals surface area contributed by atoms with Crippen molar-refractivity contribution in [1.82, 2.24) is 19.5 Å². The van der Waals surface area contributed by atoms with Gasteiger partial charge in [-0.05, 0) is 25.0 Å². The van der Waals surface area contributed by atoms with E-state index in [-0.39, 0.29) is 5.92 Å². The molecule has 1 aliphatic rings. The van der Waals surface area contributed by atoms with Crippen LogP contribution in [0.4, 0.5) is 0 Å². The van der Waals surface area contributed by atoms with Crippen LogP contribution >= 0.6 is 0 Å². The highest BCUT2D eigenvalue weighted by Crippen LogP contribution is 2.27. The first-order valence-electron chi connectivity index (χ1n) is 6.29. The van der Waals surface area contributed by atoms with E-state index in [1.165, 1.54) is 6.26 Å². The molecule has 1 N–H and O–H groups in total. The van der Waals surface area contributed by atoms with Crippen molar-refractivity contribution in [3.8, 4) is 0 Å². The summed E-state index contributed by atoms with van der Waals surface area (Å²) in [7, 11) is -3.11. The highest BCUT2D eigenvalue weighted by molar-refractivity contribution is 7.88. The predicted octanol–water partition coefficient (Wildman–Crippen LogP) is 1.10. The van der Waals surface area contributed by atoms with Crippen molar-refractivity contribution in [2.45, 2.75) is 18.8 Å². The lowest BCUT2D eigenvalue weighted by Crippen LogP contribution is -2.38. The van der Waals surface area contributed by atoms with Gasteiger partial charge in [-0.25, -0.2) is 17.7 Å². The first-order chi connectivity index (χ1) is 9.04. The number of nitrogens with zero attached hydrogens (tertiary/aromatic N) is 3. The molecular weight excluding hydrogens is 264 g/mol. The summed E-state index contributed by atoms with van der Waals surface area (Å²) in [4.78, 5) is 4.54. The van der Waals surface area contributed by atoms with Gasteiger partial charge in [0, 0.05) is 30.1 Å². The zero-order chi connectivity index (χ0) is 13.5. The Morgan fingerprint density at radius 3 is 3.05 bits per heavy atom. The number of hydrogen-bond donors (Lipinski definition) is 1. The molecule has 1 saturated heterocycles. The third kappa shape index (κ3) is 2.48. The van der Waals surface area contributed by atoms with Crippen LogP contribution in [-0.2, 0) is 10.0 Å². The summed E-state index contributed by atoms with van der Waals surface area (Å²) in [6.45, 7) is 1.13. The first-order valence-corrected chi connectivity index (χ1v) is 8.14. The standard InChI is InChI=1S/C12H16N4O2S/c1-19(17,18)16-6-2-3-10(8-16)11-5-4-9-7-13-15-12(9)14-11/h4-5,7,10H,2-3,6,8H2,1H3,(H,13,14,15)/t10-/m1/s1. The zero-order valence-electron chi connectivity index (χ0n) is 10.7. The number of nitrogens with one attached hydrogen (secondary N) is 1. The Labute approximate surface area is 111 Å². The van der Waals surface area contributed by atoms with Crippen LogP contribution in [0, 0.1) is 0 Å². The van der Waals surface area contributed by atoms with Gasteiger partial charge in [-0.1, -0.05) is 0 Å². The topological polar surface area (TPSA) is 79.0 Å². The van der Waals surface area contributed by atoms with Crippen LogP contribution < -0.4 is 0 Å². The number of aromatic amines is 1. The Morgan fingerprint density at radius 1 is 1.42 bits per heavy atom. The SMILES string of the molecule is CS(=O)(=O)N1CCC[C@@H](c2ccc3cn[nH]c3n2)C1. The average molecular weight is 280 g/mol. The van der Waals surface area contributed by atoms with Gasteiger partial charge in [-0.2, -0.15) is 5.10 Å². The van der Waals surface area contributed by atoms with Crippen molar-refractivity contribution in [2.75, 3.05) is 19.3 Å². The Kier molecular flexibility index (Phi) is 3.02. The molecule has 0 spiro atoms. The molecule has 102 valence electrons. The molecule has 3 rings (SSSR count). The molecule has 3 heterocycles. The summed E-state index contributed by atoms with van der Waals surface area (Å²) in [6.07, 6.45) is 4.84. The molecule has 0 aromatic carbocycles. The molecule has 0 unspecified atom stereocenters. The van der Waals surface area contributed by atoms with Crippen LogP contribution in [0.1, 0.15) is 24.5 Å². The number of piperidine rings is 1. The van der Waals surface area contributed by atoms with Crippen molar-refractivity contribution in [2.24, 2.45) is 0 Å². The third-order valence-corrected chi connectivity index (χ3v) is 4.86. The van der Waals surface area contributed by atoms with Gasteiger partial charge in [0.15, 0.2) is 5.65 Å². The zero-order valence-corrected chi connectivity index (χ0v) is 11.5. The van der Waals surface area contributed by atoms with Crippen molar-refractivity contribution >= 4 is 21.1 Å². The van der Waals surface area contributed by atoms with Crippen LogP contribution in [0.15, 0.2) is 18.3 Å². The second-order valence-corrected chi connectivity index (χ2v) is 6.99. The lowest BCUT2D eigenvalue weighted by Gasteiger charge is -2.30. The molecule has 0 bridgehead atoms. The van der Waals surface area contributed by atoms with Gasteiger partial charge >= 0.3 is 0 Å². The molecule has 7 heteroatoms. The van der Waals surface area contributed by atoms with Gasteiger partial charge in [0.25, 0.3) is 0 Å². The van der Waals surface area contributed by atoms with Crippen molar-refractivity contribution < 1.29 is 8.42 Å². The summed E-state index contributed by atoms with van der Waals surface area (Å²) < 4.78 is 24.8. The third-order valence-electron chi connectivity index (χ3n) is 3.59. The van der Waals surface area contributed by atoms with Crippen LogP contribution in [0.25, 0.3) is 11.0 Å². The van der Waals surface area contributed by atoms with Crippen molar-refractivity contribution in [1.29, 1.82) is 0 Å². The predicted molar refractivity (Wildman–Crippen MR) is 72.3 cm³/mol. The molecule has 0 radical (unpaired) electrons. The average Bonchev–Trinajstić information content (AvgIpc) is 2.85. The maximum Gasteiger partial charge on any atom is 0.211 e. The molecular formula is C12H16N4O2S. The highest BCUT2D eigenvalue weighted by Gasteiger charge is 2.27. The monoisotopic (exact) mass is 280 g/mol. The lowest BCUT2D eigenvalue weighted by molar-refractivity contribution is 0.315. The van der Waals surface area contributed by atoms with E-state index < -0.39 is 10.0 Å². The molecule has 1 aliphatic heterocycles. The van der Waals surface area contributed by atoms with Gasteiger partial charge in [0.05, 0.1) is 12.5 Å². The Morgan fingerprint density at radius 2 is 2.26 bits per heavy atom. The van der Waals surface area contributed by atoms with Gasteiger partial charge in [0.1, 0.15) is 0 Å². The normalized spacial score (nSPS) is 21.8. The van der Waals surface area contributed by atoms with E-state index >= 15 is 0 Å². The fraction of sp³-hybridized carbons (Fsp3) is 0.500. The van der Waals surface area contributed by atoms with Crippen LogP contribution in [0.3, 0.4) is 0 Å². The molecule has 6 nitrogen and oxygen atoms in total. The van der Waals surface area contributed by atoms with Crippen molar-refractivity contribution in [3.05, 3.63) is 24.0 Å². The molecule has 0 saturated carbocycles. The second-order valence-electron chi connectivity index (χ2n) is 5.00. The van der Waals surface area contributed by atoms with Crippen LogP contribution in [0.2, 0.25) is 0 Å². The number of H-pyrrole nitrogens is 1. The summed E-state index contributed by atoms with van der Waals surface area (Å²) >= 11 is 0. The van der Waals surface area contributed by atoms with Gasteiger partial charge in [0.2, 0.25) is 10.0 Å². The number of aromatic nitrogens is 3. The van der Waals surface area contributed by atoms with Gasteiger partial charge in [-0.3, -0.25) is 5.10 Å². The van der Waals surface area contributed by atoms with Crippen LogP contribution in [0.5, 0.6) is 0 Å². The quantitative estimate of drug-likeness (QED) is 0.893. The summed E-state index contributed by atoms with van der Waals surface area (Å²) in [5, 5.41) is 7.77. The minimum Gasteiger partial charge on any atom is -0.261 e. The summed E-state index contributed by atoms with van der Waals surface area (Å²) in [6, 6.07) is 3.94. The van der Waals surface area contributed by atoms with E-state index in [9.17, 15) is 8.42 Å². The summed E-state index contributed by atoms with van der Waals surface area (Å²) in [5.41, 5.74) is 1.69. The molecule has 1 atom stereocenters. The number of hydrogen-bond acceptors (Lipinski definition) is 4. The largest absolute Gasteiger partial charge is 0.261 e. The Hall–Kier alpha value is -1.47. The molecule has 2 aromatic rings. The fourth-order valence-corrected chi connectivity index (χ4v) is 3.47. The minimum atomic E-state index is -3.11. The fourth-order valence-electron chi connectivity index (χ4n) is 2.55. The Bertz CT molecular complexity index is 695. The van der Waals surface area contributed by atoms with E-state index in [1.807, 2.05) is 12.1 Å².